The minimum absolute atomic E-state index is 0.363. The van der Waals surface area contributed by atoms with Gasteiger partial charge in [-0.05, 0) is 31.9 Å². The van der Waals surface area contributed by atoms with Crippen molar-refractivity contribution < 1.29 is 8.42 Å². The van der Waals surface area contributed by atoms with Crippen LogP contribution in [-0.4, -0.2) is 35.8 Å². The van der Waals surface area contributed by atoms with Gasteiger partial charge < -0.3 is 0 Å². The zero-order valence-electron chi connectivity index (χ0n) is 15.1. The average molecular weight is 420 g/mol. The van der Waals surface area contributed by atoms with E-state index in [1.807, 2.05) is 24.4 Å². The molecule has 1 saturated heterocycles. The molecule has 5 nitrogen and oxygen atoms in total. The molecule has 0 spiro atoms. The number of aryl methyl sites for hydroxylation is 1. The van der Waals surface area contributed by atoms with E-state index in [2.05, 4.69) is 10.4 Å². The Balaban J connectivity index is 1.50. The minimum Gasteiger partial charge on any atom is -0.246 e. The largest absolute Gasteiger partial charge is 0.246 e. The Hall–Kier alpha value is -1.61. The van der Waals surface area contributed by atoms with Gasteiger partial charge in [0.15, 0.2) is 0 Å². The summed E-state index contributed by atoms with van der Waals surface area (Å²) >= 11 is 3.26. The molecule has 0 aliphatic carbocycles. The van der Waals surface area contributed by atoms with E-state index in [-0.39, 0.29) is 0 Å². The van der Waals surface area contributed by atoms with Gasteiger partial charge in [0.2, 0.25) is 10.0 Å². The first-order valence-corrected chi connectivity index (χ1v) is 12.2. The molecule has 8 heteroatoms. The molecule has 0 atom stereocenters. The average Bonchev–Trinajstić information content (AvgIpc) is 3.32. The maximum Gasteiger partial charge on any atom is 0.243 e. The van der Waals surface area contributed by atoms with E-state index in [4.69, 9.17) is 4.98 Å². The lowest BCUT2D eigenvalue weighted by Gasteiger charge is -2.25. The van der Waals surface area contributed by atoms with Gasteiger partial charge in [-0.3, -0.25) is 0 Å². The topological polar surface area (TPSA) is 63.2 Å². The first kappa shape index (κ1) is 18.7. The molecule has 3 aromatic rings. The van der Waals surface area contributed by atoms with Crippen molar-refractivity contribution in [3.8, 4) is 11.3 Å². The Kier molecular flexibility index (Phi) is 5.41. The van der Waals surface area contributed by atoms with E-state index in [1.54, 1.807) is 39.1 Å². The van der Waals surface area contributed by atoms with Crippen LogP contribution in [0.1, 0.15) is 35.0 Å². The molecule has 0 radical (unpaired) electrons. The second kappa shape index (κ2) is 7.79. The second-order valence-electron chi connectivity index (χ2n) is 6.65. The van der Waals surface area contributed by atoms with E-state index in [0.717, 1.165) is 52.6 Å². The van der Waals surface area contributed by atoms with Crippen molar-refractivity contribution in [2.75, 3.05) is 13.1 Å². The van der Waals surface area contributed by atoms with Gasteiger partial charge in [-0.25, -0.2) is 18.4 Å². The van der Waals surface area contributed by atoms with Crippen molar-refractivity contribution >= 4 is 32.7 Å². The number of hydrogen-bond donors (Lipinski definition) is 0. The number of piperidine rings is 1. The summed E-state index contributed by atoms with van der Waals surface area (Å²) in [5.41, 5.74) is 2.86. The smallest absolute Gasteiger partial charge is 0.243 e. The maximum atomic E-state index is 12.8. The lowest BCUT2D eigenvalue weighted by molar-refractivity contribution is 0.346. The molecular formula is C19H21N3O2S3. The van der Waals surface area contributed by atoms with E-state index in [0.29, 0.717) is 18.0 Å². The summed E-state index contributed by atoms with van der Waals surface area (Å²) in [6.45, 7) is 3.24. The maximum absolute atomic E-state index is 12.8. The highest BCUT2D eigenvalue weighted by molar-refractivity contribution is 7.89. The molecule has 142 valence electrons. The first-order valence-electron chi connectivity index (χ1n) is 8.98. The number of benzene rings is 1. The van der Waals surface area contributed by atoms with Crippen molar-refractivity contribution in [3.05, 3.63) is 50.7 Å². The van der Waals surface area contributed by atoms with Crippen molar-refractivity contribution in [3.63, 3.8) is 0 Å². The molecule has 1 aromatic carbocycles. The fourth-order valence-electron chi connectivity index (χ4n) is 3.22. The number of aromatic nitrogens is 2. The molecule has 1 aliphatic heterocycles. The predicted molar refractivity (Wildman–Crippen MR) is 110 cm³/mol. The minimum atomic E-state index is -3.39. The summed E-state index contributed by atoms with van der Waals surface area (Å²) < 4.78 is 27.1. The van der Waals surface area contributed by atoms with Crippen LogP contribution in [0.3, 0.4) is 0 Å². The highest BCUT2D eigenvalue weighted by atomic mass is 32.2. The van der Waals surface area contributed by atoms with Gasteiger partial charge in [0.05, 0.1) is 26.3 Å². The summed E-state index contributed by atoms with van der Waals surface area (Å²) in [4.78, 5) is 9.54. The lowest BCUT2D eigenvalue weighted by atomic mass is 10.2. The molecule has 1 aliphatic rings. The summed E-state index contributed by atoms with van der Waals surface area (Å²) in [5, 5.41) is 6.16. The van der Waals surface area contributed by atoms with Crippen LogP contribution in [0.15, 0.2) is 39.9 Å². The van der Waals surface area contributed by atoms with Crippen molar-refractivity contribution in [1.29, 1.82) is 0 Å². The van der Waals surface area contributed by atoms with Crippen LogP contribution in [0, 0.1) is 6.92 Å². The summed E-state index contributed by atoms with van der Waals surface area (Å²) in [7, 11) is -3.39. The number of thiazole rings is 2. The van der Waals surface area contributed by atoms with E-state index < -0.39 is 10.0 Å². The number of hydrogen-bond acceptors (Lipinski definition) is 6. The van der Waals surface area contributed by atoms with Gasteiger partial charge in [-0.2, -0.15) is 4.31 Å². The summed E-state index contributed by atoms with van der Waals surface area (Å²) in [6.07, 6.45) is 3.73. The monoisotopic (exact) mass is 419 g/mol. The van der Waals surface area contributed by atoms with Crippen LogP contribution in [0.2, 0.25) is 0 Å². The van der Waals surface area contributed by atoms with Crippen LogP contribution in [0.5, 0.6) is 0 Å². The third-order valence-electron chi connectivity index (χ3n) is 4.65. The number of nitrogens with zero attached hydrogens (tertiary/aromatic N) is 3. The van der Waals surface area contributed by atoms with Crippen LogP contribution in [-0.2, 0) is 16.4 Å². The summed E-state index contributed by atoms with van der Waals surface area (Å²) in [6, 6.07) is 7.09. The third kappa shape index (κ3) is 4.13. The van der Waals surface area contributed by atoms with E-state index in [9.17, 15) is 8.42 Å². The molecular weight excluding hydrogens is 398 g/mol. The normalized spacial score (nSPS) is 15.9. The fourth-order valence-corrected chi connectivity index (χ4v) is 6.17. The highest BCUT2D eigenvalue weighted by Gasteiger charge is 2.25. The van der Waals surface area contributed by atoms with Crippen molar-refractivity contribution in [2.24, 2.45) is 0 Å². The summed E-state index contributed by atoms with van der Waals surface area (Å²) in [5.74, 6) is 0. The molecule has 2 aromatic heterocycles. The molecule has 3 heterocycles. The van der Waals surface area contributed by atoms with E-state index >= 15 is 0 Å². The van der Waals surface area contributed by atoms with Crippen molar-refractivity contribution in [2.45, 2.75) is 37.5 Å². The first-order chi connectivity index (χ1) is 13.0. The molecule has 4 rings (SSSR count). The van der Waals surface area contributed by atoms with Gasteiger partial charge in [0, 0.05) is 35.8 Å². The fraction of sp³-hybridized carbons (Fsp3) is 0.368. The SMILES string of the molecule is Cc1nc(Cc2nc(-c3ccc(S(=O)(=O)N4CCCCC4)cc3)cs2)cs1. The molecule has 0 unspecified atom stereocenters. The zero-order valence-corrected chi connectivity index (χ0v) is 17.5. The van der Waals surface area contributed by atoms with Crippen LogP contribution in [0.25, 0.3) is 11.3 Å². The Bertz CT molecular complexity index is 1020. The zero-order chi connectivity index (χ0) is 18.9. The Morgan fingerprint density at radius 1 is 1.00 bits per heavy atom. The van der Waals surface area contributed by atoms with Gasteiger partial charge >= 0.3 is 0 Å². The lowest BCUT2D eigenvalue weighted by Crippen LogP contribution is -2.35. The Labute approximate surface area is 167 Å². The van der Waals surface area contributed by atoms with Crippen LogP contribution >= 0.6 is 22.7 Å². The second-order valence-corrected chi connectivity index (χ2v) is 10.6. The number of rotatable bonds is 5. The number of sulfonamides is 1. The molecule has 0 amide bonds. The highest BCUT2D eigenvalue weighted by Crippen LogP contribution is 2.27. The molecule has 0 N–H and O–H groups in total. The molecule has 0 saturated carbocycles. The van der Waals surface area contributed by atoms with Gasteiger partial charge in [0.1, 0.15) is 0 Å². The Morgan fingerprint density at radius 2 is 1.74 bits per heavy atom. The van der Waals surface area contributed by atoms with E-state index in [1.165, 1.54) is 0 Å². The quantitative estimate of drug-likeness (QED) is 0.617. The predicted octanol–water partition coefficient (Wildman–Crippen LogP) is 4.34. The van der Waals surface area contributed by atoms with Crippen LogP contribution in [0.4, 0.5) is 0 Å². The van der Waals surface area contributed by atoms with Gasteiger partial charge in [-0.1, -0.05) is 18.6 Å². The molecule has 0 bridgehead atoms. The van der Waals surface area contributed by atoms with Crippen molar-refractivity contribution in [1.82, 2.24) is 14.3 Å². The molecule has 1 fully saturated rings. The van der Waals surface area contributed by atoms with Crippen LogP contribution < -0.4 is 0 Å². The van der Waals surface area contributed by atoms with Gasteiger partial charge in [0.25, 0.3) is 0 Å². The molecule has 27 heavy (non-hydrogen) atoms. The Morgan fingerprint density at radius 3 is 2.41 bits per heavy atom. The van der Waals surface area contributed by atoms with Gasteiger partial charge in [-0.15, -0.1) is 22.7 Å². The third-order valence-corrected chi connectivity index (χ3v) is 8.24. The standard InChI is InChI=1S/C19H21N3O2S3/c1-14-20-16(12-25-14)11-19-21-18(13-26-19)15-5-7-17(8-6-15)27(23,24)22-9-3-2-4-10-22/h5-8,12-13H,2-4,9-11H2,1H3.